The van der Waals surface area contributed by atoms with Crippen LogP contribution >= 0.6 is 0 Å². The zero-order chi connectivity index (χ0) is 44.9. The molecule has 0 spiro atoms. The van der Waals surface area contributed by atoms with E-state index in [1.165, 1.54) is 199 Å². The molecule has 0 rings (SSSR count). The molecule has 0 aromatic carbocycles. The predicted octanol–water partition coefficient (Wildman–Crippen LogP) is 18.6. The molecule has 0 amide bonds. The van der Waals surface area contributed by atoms with Crippen molar-refractivity contribution in [3.8, 4) is 0 Å². The third kappa shape index (κ3) is 50.8. The van der Waals surface area contributed by atoms with Crippen LogP contribution in [0.5, 0.6) is 0 Å². The molecule has 0 aliphatic rings. The van der Waals surface area contributed by atoms with Gasteiger partial charge in [-0.2, -0.15) is 0 Å². The van der Waals surface area contributed by atoms with Crippen LogP contribution in [-0.2, 0) is 23.8 Å². The van der Waals surface area contributed by atoms with Crippen LogP contribution in [0.15, 0.2) is 36.5 Å². The molecule has 0 heterocycles. The maximum Gasteiger partial charge on any atom is 0.306 e. The Balaban J connectivity index is 4.24. The summed E-state index contributed by atoms with van der Waals surface area (Å²) in [6.45, 7) is 7.82. The third-order valence-corrected chi connectivity index (χ3v) is 12.1. The number of allylic oxidation sites excluding steroid dienone is 6. The van der Waals surface area contributed by atoms with Gasteiger partial charge in [-0.05, 0) is 77.0 Å². The number of carbonyl (C=O) groups is 2. The molecule has 5 nitrogen and oxygen atoms in total. The second kappa shape index (κ2) is 53.5. The highest BCUT2D eigenvalue weighted by Crippen LogP contribution is 2.15. The lowest BCUT2D eigenvalue weighted by molar-refractivity contribution is -0.163. The highest BCUT2D eigenvalue weighted by atomic mass is 16.6. The highest BCUT2D eigenvalue weighted by molar-refractivity contribution is 5.70. The molecule has 0 radical (unpaired) electrons. The van der Waals surface area contributed by atoms with E-state index in [2.05, 4.69) is 57.2 Å². The SMILES string of the molecule is CCCCC/C=C\C/C=C\CCCCCCCC(=O)OCC(COCCCCCCCCCC/C=C\CCCCCCCC)OC(=O)CCCCCCCCCCCCCCC. The number of esters is 2. The van der Waals surface area contributed by atoms with Crippen LogP contribution in [-0.4, -0.2) is 37.9 Å². The monoisotopic (exact) mass is 871 g/mol. The maximum absolute atomic E-state index is 12.8. The van der Waals surface area contributed by atoms with Crippen LogP contribution < -0.4 is 0 Å². The van der Waals surface area contributed by atoms with E-state index < -0.39 is 6.10 Å². The Kier molecular flexibility index (Phi) is 51.8. The van der Waals surface area contributed by atoms with E-state index in [1.807, 2.05) is 0 Å². The van der Waals surface area contributed by atoms with Crippen molar-refractivity contribution in [3.63, 3.8) is 0 Å². The Morgan fingerprint density at radius 3 is 1.11 bits per heavy atom. The Morgan fingerprint density at radius 2 is 0.677 bits per heavy atom. The van der Waals surface area contributed by atoms with Gasteiger partial charge in [-0.3, -0.25) is 9.59 Å². The molecular formula is C57H106O5. The van der Waals surface area contributed by atoms with Crippen LogP contribution in [0.3, 0.4) is 0 Å². The van der Waals surface area contributed by atoms with Gasteiger partial charge in [-0.25, -0.2) is 0 Å². The number of hydrogen-bond acceptors (Lipinski definition) is 5. The Morgan fingerprint density at radius 1 is 0.355 bits per heavy atom. The number of hydrogen-bond donors (Lipinski definition) is 0. The first-order valence-electron chi connectivity index (χ1n) is 27.5. The molecule has 0 aliphatic heterocycles. The minimum Gasteiger partial charge on any atom is -0.462 e. The normalized spacial score (nSPS) is 12.4. The summed E-state index contributed by atoms with van der Waals surface area (Å²) in [5.41, 5.74) is 0. The summed E-state index contributed by atoms with van der Waals surface area (Å²) in [7, 11) is 0. The van der Waals surface area contributed by atoms with Crippen LogP contribution in [0.1, 0.15) is 290 Å². The van der Waals surface area contributed by atoms with Crippen molar-refractivity contribution < 1.29 is 23.8 Å². The summed E-state index contributed by atoms with van der Waals surface area (Å²) in [5.74, 6) is -0.399. The van der Waals surface area contributed by atoms with Gasteiger partial charge in [0.15, 0.2) is 6.10 Å². The summed E-state index contributed by atoms with van der Waals surface area (Å²) in [6.07, 6.45) is 64.4. The van der Waals surface area contributed by atoms with Crippen molar-refractivity contribution >= 4 is 11.9 Å². The fourth-order valence-electron chi connectivity index (χ4n) is 8.01. The smallest absolute Gasteiger partial charge is 0.306 e. The molecule has 0 aromatic rings. The van der Waals surface area contributed by atoms with Crippen LogP contribution in [0.2, 0.25) is 0 Å². The number of ether oxygens (including phenoxy) is 3. The Labute approximate surface area is 387 Å². The van der Waals surface area contributed by atoms with Crippen LogP contribution in [0, 0.1) is 0 Å². The third-order valence-electron chi connectivity index (χ3n) is 12.1. The Bertz CT molecular complexity index is 986. The van der Waals surface area contributed by atoms with Gasteiger partial charge in [0, 0.05) is 19.4 Å². The minimum absolute atomic E-state index is 0.0817. The van der Waals surface area contributed by atoms with Gasteiger partial charge in [-0.15, -0.1) is 0 Å². The van der Waals surface area contributed by atoms with E-state index in [-0.39, 0.29) is 25.2 Å². The van der Waals surface area contributed by atoms with Gasteiger partial charge < -0.3 is 14.2 Å². The number of unbranched alkanes of at least 4 members (excludes halogenated alkanes) is 34. The average molecular weight is 871 g/mol. The minimum atomic E-state index is -0.538. The Hall–Kier alpha value is -1.88. The standard InChI is InChI=1S/C57H106O5/c1-4-7-10-13-16-19-22-25-27-28-29-31-34-37-40-43-46-49-52-60-53-55(62-57(59)51-48-45-42-39-36-32-24-21-18-15-12-9-6-3)54-61-56(58)50-47-44-41-38-35-33-30-26-23-20-17-14-11-8-5-2/h17,20,25-27,30,55H,4-16,18-19,21-24,28-29,31-54H2,1-3H3/b20-17-,27-25-,30-26-. The van der Waals surface area contributed by atoms with E-state index in [0.29, 0.717) is 19.4 Å². The van der Waals surface area contributed by atoms with Crippen LogP contribution in [0.25, 0.3) is 0 Å². The molecule has 364 valence electrons. The summed E-state index contributed by atoms with van der Waals surface area (Å²) >= 11 is 0. The molecule has 5 heteroatoms. The van der Waals surface area contributed by atoms with Crippen molar-refractivity contribution in [2.24, 2.45) is 0 Å². The van der Waals surface area contributed by atoms with Crippen LogP contribution in [0.4, 0.5) is 0 Å². The predicted molar refractivity (Wildman–Crippen MR) is 270 cm³/mol. The first kappa shape index (κ1) is 60.1. The first-order chi connectivity index (χ1) is 30.6. The molecular weight excluding hydrogens is 765 g/mol. The van der Waals surface area contributed by atoms with E-state index in [1.54, 1.807) is 0 Å². The van der Waals surface area contributed by atoms with Gasteiger partial charge in [-0.1, -0.05) is 237 Å². The molecule has 1 unspecified atom stereocenters. The van der Waals surface area contributed by atoms with E-state index in [9.17, 15) is 9.59 Å². The number of carbonyl (C=O) groups excluding carboxylic acids is 2. The zero-order valence-electron chi connectivity index (χ0n) is 41.9. The molecule has 0 saturated carbocycles. The first-order valence-corrected chi connectivity index (χ1v) is 27.5. The second-order valence-electron chi connectivity index (χ2n) is 18.5. The van der Waals surface area contributed by atoms with Crippen molar-refractivity contribution in [1.82, 2.24) is 0 Å². The fraction of sp³-hybridized carbons (Fsp3) is 0.860. The molecule has 0 aromatic heterocycles. The summed E-state index contributed by atoms with van der Waals surface area (Å²) in [6, 6.07) is 0. The lowest BCUT2D eigenvalue weighted by Crippen LogP contribution is -2.30. The molecule has 1 atom stereocenters. The van der Waals surface area contributed by atoms with E-state index >= 15 is 0 Å². The summed E-state index contributed by atoms with van der Waals surface area (Å²) < 4.78 is 17.4. The van der Waals surface area contributed by atoms with Crippen molar-refractivity contribution in [1.29, 1.82) is 0 Å². The fourth-order valence-corrected chi connectivity index (χ4v) is 8.01. The summed E-state index contributed by atoms with van der Waals surface area (Å²) in [5, 5.41) is 0. The molecule has 0 bridgehead atoms. The molecule has 0 aliphatic carbocycles. The van der Waals surface area contributed by atoms with Crippen molar-refractivity contribution in [3.05, 3.63) is 36.5 Å². The molecule has 0 saturated heterocycles. The van der Waals surface area contributed by atoms with E-state index in [4.69, 9.17) is 14.2 Å². The summed E-state index contributed by atoms with van der Waals surface area (Å²) in [4.78, 5) is 25.4. The molecule has 62 heavy (non-hydrogen) atoms. The van der Waals surface area contributed by atoms with Crippen molar-refractivity contribution in [2.45, 2.75) is 297 Å². The van der Waals surface area contributed by atoms with Gasteiger partial charge in [0.05, 0.1) is 6.61 Å². The van der Waals surface area contributed by atoms with Gasteiger partial charge in [0.25, 0.3) is 0 Å². The van der Waals surface area contributed by atoms with Gasteiger partial charge in [0.2, 0.25) is 0 Å². The number of rotatable bonds is 51. The van der Waals surface area contributed by atoms with E-state index in [0.717, 1.165) is 57.8 Å². The second-order valence-corrected chi connectivity index (χ2v) is 18.5. The average Bonchev–Trinajstić information content (AvgIpc) is 3.27. The topological polar surface area (TPSA) is 61.8 Å². The largest absolute Gasteiger partial charge is 0.462 e. The lowest BCUT2D eigenvalue weighted by atomic mass is 10.0. The molecule has 0 fully saturated rings. The zero-order valence-corrected chi connectivity index (χ0v) is 41.9. The van der Waals surface area contributed by atoms with Gasteiger partial charge in [0.1, 0.15) is 6.61 Å². The van der Waals surface area contributed by atoms with Crippen molar-refractivity contribution in [2.75, 3.05) is 19.8 Å². The lowest BCUT2D eigenvalue weighted by Gasteiger charge is -2.18. The highest BCUT2D eigenvalue weighted by Gasteiger charge is 2.17. The molecule has 0 N–H and O–H groups in total. The quantitative estimate of drug-likeness (QED) is 0.0346. The van der Waals surface area contributed by atoms with Gasteiger partial charge >= 0.3 is 11.9 Å². The maximum atomic E-state index is 12.8.